The van der Waals surface area contributed by atoms with Crippen molar-refractivity contribution in [3.63, 3.8) is 0 Å². The zero-order chi connectivity index (χ0) is 15.0. The fourth-order valence-electron chi connectivity index (χ4n) is 4.02. The Labute approximate surface area is 125 Å². The number of fused-ring (bicyclic) bond motifs is 2. The lowest BCUT2D eigenvalue weighted by molar-refractivity contribution is -0.123. The van der Waals surface area contributed by atoms with Crippen LogP contribution in [0.3, 0.4) is 0 Å². The van der Waals surface area contributed by atoms with Gasteiger partial charge in [-0.15, -0.1) is 0 Å². The van der Waals surface area contributed by atoms with Gasteiger partial charge in [0.25, 0.3) is 0 Å². The third-order valence-electron chi connectivity index (χ3n) is 5.23. The van der Waals surface area contributed by atoms with E-state index < -0.39 is 5.60 Å². The van der Waals surface area contributed by atoms with Crippen molar-refractivity contribution in [1.82, 2.24) is 5.32 Å². The van der Waals surface area contributed by atoms with Crippen molar-refractivity contribution in [2.45, 2.75) is 51.6 Å². The molecule has 116 valence electrons. The summed E-state index contributed by atoms with van der Waals surface area (Å²) >= 11 is 0. The van der Waals surface area contributed by atoms with Crippen LogP contribution in [0.1, 0.15) is 50.5 Å². The van der Waals surface area contributed by atoms with E-state index in [4.69, 9.17) is 4.42 Å². The standard InChI is InChI=1S/C17H25NO3/c1-11-3-6-15(21-11)17(2,20)10-18-16(19)9-14-8-12-4-5-13(14)7-12/h3,6,12-14,20H,4-5,7-10H2,1-2H3,(H,18,19). The average molecular weight is 291 g/mol. The van der Waals surface area contributed by atoms with Gasteiger partial charge in [-0.1, -0.05) is 6.42 Å². The van der Waals surface area contributed by atoms with Crippen LogP contribution in [0.2, 0.25) is 0 Å². The highest BCUT2D eigenvalue weighted by Gasteiger charge is 2.40. The van der Waals surface area contributed by atoms with Crippen molar-refractivity contribution in [3.05, 3.63) is 23.7 Å². The predicted molar refractivity (Wildman–Crippen MR) is 79.6 cm³/mol. The molecule has 0 aliphatic heterocycles. The second kappa shape index (κ2) is 5.48. The Morgan fingerprint density at radius 1 is 1.43 bits per heavy atom. The molecule has 1 amide bonds. The topological polar surface area (TPSA) is 62.5 Å². The summed E-state index contributed by atoms with van der Waals surface area (Å²) in [4.78, 5) is 12.1. The molecule has 4 atom stereocenters. The number of carbonyl (C=O) groups excluding carboxylic acids is 1. The first-order valence-electron chi connectivity index (χ1n) is 8.00. The number of aliphatic hydroxyl groups is 1. The third kappa shape index (κ3) is 3.15. The van der Waals surface area contributed by atoms with Gasteiger partial charge in [0.05, 0.1) is 6.54 Å². The van der Waals surface area contributed by atoms with Crippen molar-refractivity contribution in [3.8, 4) is 0 Å². The van der Waals surface area contributed by atoms with Crippen LogP contribution in [-0.2, 0) is 10.4 Å². The molecule has 4 unspecified atom stereocenters. The molecule has 0 aromatic carbocycles. The van der Waals surface area contributed by atoms with Gasteiger partial charge in [-0.2, -0.15) is 0 Å². The number of carbonyl (C=O) groups is 1. The first-order chi connectivity index (χ1) is 9.94. The number of amides is 1. The molecule has 0 radical (unpaired) electrons. The SMILES string of the molecule is Cc1ccc(C(C)(O)CNC(=O)CC2CC3CCC2C3)o1. The highest BCUT2D eigenvalue weighted by molar-refractivity contribution is 5.76. The molecule has 1 aromatic rings. The fourth-order valence-corrected chi connectivity index (χ4v) is 4.02. The number of hydrogen-bond donors (Lipinski definition) is 2. The van der Waals surface area contributed by atoms with E-state index in [-0.39, 0.29) is 12.5 Å². The highest BCUT2D eigenvalue weighted by Crippen LogP contribution is 2.49. The van der Waals surface area contributed by atoms with Crippen molar-refractivity contribution in [1.29, 1.82) is 0 Å². The predicted octanol–water partition coefficient (Wildman–Crippen LogP) is 2.74. The summed E-state index contributed by atoms with van der Waals surface area (Å²) in [5.41, 5.74) is -1.15. The first kappa shape index (κ1) is 14.6. The Morgan fingerprint density at radius 3 is 2.81 bits per heavy atom. The van der Waals surface area contributed by atoms with Gasteiger partial charge in [-0.05, 0) is 63.0 Å². The molecule has 2 N–H and O–H groups in total. The lowest BCUT2D eigenvalue weighted by Crippen LogP contribution is -2.39. The number of hydrogen-bond acceptors (Lipinski definition) is 3. The maximum atomic E-state index is 12.1. The van der Waals surface area contributed by atoms with E-state index in [1.54, 1.807) is 13.0 Å². The molecule has 0 spiro atoms. The van der Waals surface area contributed by atoms with Crippen molar-refractivity contribution >= 4 is 5.91 Å². The molecule has 1 aromatic heterocycles. The molecule has 0 saturated heterocycles. The molecule has 2 bridgehead atoms. The lowest BCUT2D eigenvalue weighted by atomic mass is 9.86. The molecule has 2 aliphatic carbocycles. The van der Waals surface area contributed by atoms with Crippen LogP contribution in [-0.4, -0.2) is 17.6 Å². The molecular weight excluding hydrogens is 266 g/mol. The van der Waals surface area contributed by atoms with E-state index >= 15 is 0 Å². The number of aryl methyl sites for hydroxylation is 1. The van der Waals surface area contributed by atoms with Gasteiger partial charge in [-0.3, -0.25) is 4.79 Å². The fraction of sp³-hybridized carbons (Fsp3) is 0.706. The van der Waals surface area contributed by atoms with Gasteiger partial charge in [0.1, 0.15) is 17.1 Å². The number of nitrogens with one attached hydrogen (secondary N) is 1. The summed E-state index contributed by atoms with van der Waals surface area (Å²) in [7, 11) is 0. The largest absolute Gasteiger partial charge is 0.463 e. The summed E-state index contributed by atoms with van der Waals surface area (Å²) in [6.07, 6.45) is 5.79. The maximum Gasteiger partial charge on any atom is 0.220 e. The monoisotopic (exact) mass is 291 g/mol. The second-order valence-electron chi connectivity index (χ2n) is 7.10. The molecule has 2 saturated carbocycles. The second-order valence-corrected chi connectivity index (χ2v) is 7.10. The molecular formula is C17H25NO3. The molecule has 21 heavy (non-hydrogen) atoms. The van der Waals surface area contributed by atoms with Crippen LogP contribution in [0.5, 0.6) is 0 Å². The summed E-state index contributed by atoms with van der Waals surface area (Å²) in [6, 6.07) is 3.58. The van der Waals surface area contributed by atoms with Gasteiger partial charge in [-0.25, -0.2) is 0 Å². The van der Waals surface area contributed by atoms with Crippen LogP contribution < -0.4 is 5.32 Å². The smallest absolute Gasteiger partial charge is 0.220 e. The minimum absolute atomic E-state index is 0.0519. The summed E-state index contributed by atoms with van der Waals surface area (Å²) in [6.45, 7) is 3.70. The van der Waals surface area contributed by atoms with E-state index in [9.17, 15) is 9.90 Å². The van der Waals surface area contributed by atoms with Gasteiger partial charge in [0, 0.05) is 6.42 Å². The molecule has 3 rings (SSSR count). The van der Waals surface area contributed by atoms with Crippen molar-refractivity contribution in [2.75, 3.05) is 6.54 Å². The maximum absolute atomic E-state index is 12.1. The van der Waals surface area contributed by atoms with Crippen LogP contribution >= 0.6 is 0 Å². The minimum atomic E-state index is -1.15. The van der Waals surface area contributed by atoms with Crippen LogP contribution in [0, 0.1) is 24.7 Å². The Morgan fingerprint density at radius 2 is 2.24 bits per heavy atom. The van der Waals surface area contributed by atoms with E-state index in [0.717, 1.165) is 17.6 Å². The summed E-state index contributed by atoms with van der Waals surface area (Å²) in [5.74, 6) is 3.49. The molecule has 1 heterocycles. The Kier molecular flexibility index (Phi) is 3.82. The Bertz CT molecular complexity index is 520. The summed E-state index contributed by atoms with van der Waals surface area (Å²) in [5, 5.41) is 13.3. The molecule has 4 nitrogen and oxygen atoms in total. The lowest BCUT2D eigenvalue weighted by Gasteiger charge is -2.24. The van der Waals surface area contributed by atoms with Gasteiger partial charge < -0.3 is 14.8 Å². The van der Waals surface area contributed by atoms with E-state index in [0.29, 0.717) is 18.1 Å². The normalized spacial score (nSPS) is 30.3. The van der Waals surface area contributed by atoms with Crippen LogP contribution in [0.4, 0.5) is 0 Å². The third-order valence-corrected chi connectivity index (χ3v) is 5.23. The molecule has 4 heteroatoms. The Hall–Kier alpha value is -1.29. The average Bonchev–Trinajstić information content (AvgIpc) is 3.13. The Balaban J connectivity index is 1.49. The van der Waals surface area contributed by atoms with Gasteiger partial charge in [0.2, 0.25) is 5.91 Å². The van der Waals surface area contributed by atoms with Crippen molar-refractivity contribution in [2.24, 2.45) is 17.8 Å². The van der Waals surface area contributed by atoms with Gasteiger partial charge in [0.15, 0.2) is 0 Å². The van der Waals surface area contributed by atoms with E-state index in [2.05, 4.69) is 5.32 Å². The summed E-state index contributed by atoms with van der Waals surface area (Å²) < 4.78 is 5.45. The van der Waals surface area contributed by atoms with Gasteiger partial charge >= 0.3 is 0 Å². The minimum Gasteiger partial charge on any atom is -0.463 e. The number of rotatable bonds is 5. The zero-order valence-electron chi connectivity index (χ0n) is 12.9. The molecule has 2 fully saturated rings. The van der Waals surface area contributed by atoms with E-state index in [1.807, 2.05) is 13.0 Å². The quantitative estimate of drug-likeness (QED) is 0.877. The van der Waals surface area contributed by atoms with Crippen LogP contribution in [0.25, 0.3) is 0 Å². The highest BCUT2D eigenvalue weighted by atomic mass is 16.4. The van der Waals surface area contributed by atoms with Crippen molar-refractivity contribution < 1.29 is 14.3 Å². The number of furan rings is 1. The first-order valence-corrected chi connectivity index (χ1v) is 8.00. The van der Waals surface area contributed by atoms with E-state index in [1.165, 1.54) is 25.7 Å². The molecule has 2 aliphatic rings. The van der Waals surface area contributed by atoms with Crippen LogP contribution in [0.15, 0.2) is 16.5 Å². The zero-order valence-corrected chi connectivity index (χ0v) is 12.9.